The number of aliphatic hydroxyl groups excluding tert-OH is 1. The van der Waals surface area contributed by atoms with Gasteiger partial charge in [0.05, 0.1) is 12.0 Å². The minimum Gasteiger partial charge on any atom is -0.426 e. The SMILES string of the molecule is CC(C)(C)NC(=O)NC(C(=O)N1C[C@H](O)C[C@H]1C(=O)NC1CCCOB1O)C(C)(C)C. The molecule has 0 spiro atoms. The standard InChI is InChI=1S/C20H37BN4O6/c1-19(2,3)15(23-18(29)24-20(4,5)6)17(28)25-11-12(26)10-13(25)16(27)22-14-8-7-9-31-21(14)30/h12-15,26,30H,7-11H2,1-6H3,(H,22,27)(H2,23,24,29)/t12-,13+,14?,15?/m1/s1. The van der Waals surface area contributed by atoms with E-state index in [1.54, 1.807) is 0 Å². The lowest BCUT2D eigenvalue weighted by molar-refractivity contribution is -0.142. The number of rotatable bonds is 4. The second-order valence-corrected chi connectivity index (χ2v) is 10.6. The number of nitrogens with one attached hydrogen (secondary N) is 3. The zero-order valence-electron chi connectivity index (χ0n) is 19.4. The van der Waals surface area contributed by atoms with E-state index in [0.717, 1.165) is 0 Å². The summed E-state index contributed by atoms with van der Waals surface area (Å²) in [6.07, 6.45) is 0.509. The van der Waals surface area contributed by atoms with Crippen molar-refractivity contribution in [3.05, 3.63) is 0 Å². The normalized spacial score (nSPS) is 25.7. The average Bonchev–Trinajstić information content (AvgIpc) is 3.00. The Morgan fingerprint density at radius 1 is 1.16 bits per heavy atom. The first-order chi connectivity index (χ1) is 14.2. The maximum Gasteiger partial charge on any atom is 0.478 e. The molecule has 2 rings (SSSR count). The zero-order chi connectivity index (χ0) is 23.6. The highest BCUT2D eigenvalue weighted by molar-refractivity contribution is 6.45. The summed E-state index contributed by atoms with van der Waals surface area (Å²) in [5.74, 6) is -1.45. The van der Waals surface area contributed by atoms with Crippen LogP contribution in [0, 0.1) is 5.41 Å². The van der Waals surface area contributed by atoms with E-state index in [9.17, 15) is 24.5 Å². The topological polar surface area (TPSA) is 140 Å². The van der Waals surface area contributed by atoms with Gasteiger partial charge >= 0.3 is 13.1 Å². The Morgan fingerprint density at radius 3 is 2.35 bits per heavy atom. The number of aliphatic hydroxyl groups is 1. The molecule has 176 valence electrons. The highest BCUT2D eigenvalue weighted by atomic mass is 16.5. The highest BCUT2D eigenvalue weighted by Crippen LogP contribution is 2.26. The third kappa shape index (κ3) is 7.08. The summed E-state index contributed by atoms with van der Waals surface area (Å²) in [6, 6.07) is -2.28. The van der Waals surface area contributed by atoms with Gasteiger partial charge in [0.25, 0.3) is 0 Å². The van der Waals surface area contributed by atoms with Crippen LogP contribution >= 0.6 is 0 Å². The molecule has 31 heavy (non-hydrogen) atoms. The van der Waals surface area contributed by atoms with Gasteiger partial charge in [-0.2, -0.15) is 0 Å². The average molecular weight is 440 g/mol. The number of hydrogen-bond acceptors (Lipinski definition) is 6. The molecule has 0 aromatic heterocycles. The summed E-state index contributed by atoms with van der Waals surface area (Å²) in [5, 5.41) is 28.4. The number of nitrogens with zero attached hydrogens (tertiary/aromatic N) is 1. The summed E-state index contributed by atoms with van der Waals surface area (Å²) in [6.45, 7) is 11.4. The second-order valence-electron chi connectivity index (χ2n) is 10.6. The van der Waals surface area contributed by atoms with E-state index >= 15 is 0 Å². The number of likely N-dealkylation sites (tertiary alicyclic amines) is 1. The van der Waals surface area contributed by atoms with Gasteiger partial charge in [0.2, 0.25) is 11.8 Å². The third-order valence-corrected chi connectivity index (χ3v) is 5.36. The van der Waals surface area contributed by atoms with Crippen LogP contribution in [0.2, 0.25) is 0 Å². The fourth-order valence-corrected chi connectivity index (χ4v) is 3.82. The van der Waals surface area contributed by atoms with Gasteiger partial charge in [-0.25, -0.2) is 4.79 Å². The van der Waals surface area contributed by atoms with E-state index in [1.807, 2.05) is 41.5 Å². The second kappa shape index (κ2) is 9.75. The number of urea groups is 1. The van der Waals surface area contributed by atoms with E-state index in [-0.39, 0.29) is 13.0 Å². The Hall–Kier alpha value is -1.85. The Morgan fingerprint density at radius 2 is 1.81 bits per heavy atom. The lowest BCUT2D eigenvalue weighted by Gasteiger charge is -2.36. The van der Waals surface area contributed by atoms with Crippen molar-refractivity contribution in [2.45, 2.75) is 90.5 Å². The first-order valence-electron chi connectivity index (χ1n) is 10.9. The molecular weight excluding hydrogens is 403 g/mol. The Bertz CT molecular complexity index is 678. The van der Waals surface area contributed by atoms with Crippen molar-refractivity contribution in [3.8, 4) is 0 Å². The fourth-order valence-electron chi connectivity index (χ4n) is 3.82. The minimum absolute atomic E-state index is 0.00418. The van der Waals surface area contributed by atoms with E-state index in [4.69, 9.17) is 4.65 Å². The van der Waals surface area contributed by atoms with Crippen molar-refractivity contribution in [3.63, 3.8) is 0 Å². The van der Waals surface area contributed by atoms with E-state index in [1.165, 1.54) is 4.90 Å². The van der Waals surface area contributed by atoms with Crippen LogP contribution < -0.4 is 16.0 Å². The summed E-state index contributed by atoms with van der Waals surface area (Å²) in [7, 11) is -1.10. The van der Waals surface area contributed by atoms with Crippen molar-refractivity contribution < 1.29 is 29.2 Å². The van der Waals surface area contributed by atoms with Crippen molar-refractivity contribution in [1.82, 2.24) is 20.9 Å². The number of β-amino-alcohol motifs (C(OH)–C–C–N with tert-alkyl or cyclic N) is 1. The highest BCUT2D eigenvalue weighted by Gasteiger charge is 2.45. The molecule has 2 fully saturated rings. The van der Waals surface area contributed by atoms with Crippen LogP contribution in [-0.2, 0) is 14.2 Å². The molecule has 0 saturated carbocycles. The first-order valence-corrected chi connectivity index (χ1v) is 10.9. The van der Waals surface area contributed by atoms with Gasteiger partial charge in [-0.15, -0.1) is 0 Å². The molecule has 4 amide bonds. The summed E-state index contributed by atoms with van der Waals surface area (Å²) in [5.41, 5.74) is -1.11. The Balaban J connectivity index is 2.15. The number of hydrogen-bond donors (Lipinski definition) is 5. The molecule has 2 aliphatic heterocycles. The number of amides is 4. The maximum atomic E-state index is 13.4. The zero-order valence-corrected chi connectivity index (χ0v) is 19.4. The quantitative estimate of drug-likeness (QED) is 0.383. The molecule has 2 saturated heterocycles. The molecule has 10 nitrogen and oxygen atoms in total. The maximum absolute atomic E-state index is 13.4. The van der Waals surface area contributed by atoms with Gasteiger partial charge in [0, 0.05) is 25.1 Å². The van der Waals surface area contributed by atoms with Gasteiger partial charge < -0.3 is 35.6 Å². The molecule has 2 aliphatic rings. The van der Waals surface area contributed by atoms with Gasteiger partial charge in [-0.3, -0.25) is 9.59 Å². The molecule has 11 heteroatoms. The molecule has 2 unspecified atom stereocenters. The molecule has 0 radical (unpaired) electrons. The largest absolute Gasteiger partial charge is 0.478 e. The molecule has 0 aliphatic carbocycles. The lowest BCUT2D eigenvalue weighted by atomic mass is 9.74. The predicted octanol–water partition coefficient (Wildman–Crippen LogP) is -0.224. The summed E-state index contributed by atoms with van der Waals surface area (Å²) >= 11 is 0. The number of carbonyl (C=O) groups is 3. The predicted molar refractivity (Wildman–Crippen MR) is 116 cm³/mol. The monoisotopic (exact) mass is 440 g/mol. The number of carbonyl (C=O) groups excluding carboxylic acids is 3. The third-order valence-electron chi connectivity index (χ3n) is 5.36. The van der Waals surface area contributed by atoms with Crippen molar-refractivity contribution >= 4 is 25.0 Å². The van der Waals surface area contributed by atoms with Crippen LogP contribution in [0.5, 0.6) is 0 Å². The first kappa shape index (κ1) is 25.4. The molecule has 0 bridgehead atoms. The van der Waals surface area contributed by atoms with Crippen molar-refractivity contribution in [2.75, 3.05) is 13.2 Å². The fraction of sp³-hybridized carbons (Fsp3) is 0.850. The molecular formula is C20H37BN4O6. The molecule has 5 N–H and O–H groups in total. The van der Waals surface area contributed by atoms with Gasteiger partial charge in [-0.1, -0.05) is 20.8 Å². The van der Waals surface area contributed by atoms with Crippen LogP contribution in [-0.4, -0.2) is 82.8 Å². The summed E-state index contributed by atoms with van der Waals surface area (Å²) in [4.78, 5) is 40.1. The van der Waals surface area contributed by atoms with Gasteiger partial charge in [0.1, 0.15) is 12.1 Å². The minimum atomic E-state index is -1.10. The van der Waals surface area contributed by atoms with Crippen LogP contribution in [0.4, 0.5) is 4.79 Å². The summed E-state index contributed by atoms with van der Waals surface area (Å²) < 4.78 is 5.17. The van der Waals surface area contributed by atoms with Crippen LogP contribution in [0.25, 0.3) is 0 Å². The molecule has 0 aromatic rings. The van der Waals surface area contributed by atoms with Gasteiger partial charge in [0.15, 0.2) is 0 Å². The molecule has 2 heterocycles. The van der Waals surface area contributed by atoms with Crippen LogP contribution in [0.15, 0.2) is 0 Å². The van der Waals surface area contributed by atoms with Crippen LogP contribution in [0.3, 0.4) is 0 Å². The Kier molecular flexibility index (Phi) is 7.99. The molecule has 0 aromatic carbocycles. The van der Waals surface area contributed by atoms with Crippen molar-refractivity contribution in [2.24, 2.45) is 5.41 Å². The van der Waals surface area contributed by atoms with Gasteiger partial charge in [-0.05, 0) is 39.0 Å². The van der Waals surface area contributed by atoms with E-state index in [0.29, 0.717) is 19.4 Å². The lowest BCUT2D eigenvalue weighted by Crippen LogP contribution is -2.61. The Labute approximate surface area is 184 Å². The molecule has 4 atom stereocenters. The van der Waals surface area contributed by atoms with Crippen LogP contribution in [0.1, 0.15) is 60.8 Å². The van der Waals surface area contributed by atoms with E-state index in [2.05, 4.69) is 16.0 Å². The van der Waals surface area contributed by atoms with E-state index < -0.39 is 60.0 Å². The van der Waals surface area contributed by atoms with Crippen molar-refractivity contribution in [1.29, 1.82) is 0 Å². The smallest absolute Gasteiger partial charge is 0.426 e.